The van der Waals surface area contributed by atoms with Crippen molar-refractivity contribution in [1.82, 2.24) is 14.6 Å². The predicted molar refractivity (Wildman–Crippen MR) is 99.5 cm³/mol. The van der Waals surface area contributed by atoms with Crippen LogP contribution in [0.2, 0.25) is 0 Å². The molecule has 0 saturated heterocycles. The number of esters is 1. The van der Waals surface area contributed by atoms with Gasteiger partial charge in [-0.3, -0.25) is 14.7 Å². The molecule has 142 valence electrons. The van der Waals surface area contributed by atoms with Crippen LogP contribution in [0.4, 0.5) is 0 Å². The summed E-state index contributed by atoms with van der Waals surface area (Å²) in [5.41, 5.74) is 3.33. The molecule has 0 spiro atoms. The third-order valence-electron chi connectivity index (χ3n) is 4.48. The number of ether oxygens (including phenoxy) is 3. The monoisotopic (exact) mass is 371 g/mol. The standard InChI is InChI=1S/C19H21N3O5/c1-10-13(9-16(23)27-5)19(24)22-18(20-10)17(11(2)21-22)12-6-7-14(25-3)15(8-12)26-4/h6-8,21H,9H2,1-5H3. The molecule has 0 unspecified atom stereocenters. The Kier molecular flexibility index (Phi) is 4.89. The van der Waals surface area contributed by atoms with Crippen LogP contribution in [0, 0.1) is 13.8 Å². The van der Waals surface area contributed by atoms with Gasteiger partial charge in [-0.2, -0.15) is 0 Å². The normalized spacial score (nSPS) is 10.9. The number of hydrogen-bond donors (Lipinski definition) is 1. The topological polar surface area (TPSA) is 94.9 Å². The minimum Gasteiger partial charge on any atom is -0.493 e. The highest BCUT2D eigenvalue weighted by atomic mass is 16.5. The molecule has 0 aliphatic rings. The van der Waals surface area contributed by atoms with Crippen LogP contribution in [0.1, 0.15) is 17.0 Å². The summed E-state index contributed by atoms with van der Waals surface area (Å²) in [6, 6.07) is 5.51. The Labute approximate surface area is 155 Å². The zero-order valence-corrected chi connectivity index (χ0v) is 15.9. The second kappa shape index (κ2) is 7.14. The number of hydrogen-bond acceptors (Lipinski definition) is 6. The van der Waals surface area contributed by atoms with Gasteiger partial charge in [-0.15, -0.1) is 0 Å². The predicted octanol–water partition coefficient (Wildman–Crippen LogP) is 2.04. The van der Waals surface area contributed by atoms with Crippen molar-refractivity contribution in [1.29, 1.82) is 0 Å². The molecule has 1 aromatic carbocycles. The smallest absolute Gasteiger partial charge is 0.310 e. The molecule has 0 aliphatic heterocycles. The average Bonchev–Trinajstić information content (AvgIpc) is 3.00. The van der Waals surface area contributed by atoms with Crippen LogP contribution >= 0.6 is 0 Å². The van der Waals surface area contributed by atoms with Gasteiger partial charge in [-0.05, 0) is 31.5 Å². The lowest BCUT2D eigenvalue weighted by Gasteiger charge is -2.10. The van der Waals surface area contributed by atoms with Gasteiger partial charge in [0.15, 0.2) is 17.1 Å². The van der Waals surface area contributed by atoms with Crippen molar-refractivity contribution < 1.29 is 19.0 Å². The Balaban J connectivity index is 2.23. The molecule has 8 nitrogen and oxygen atoms in total. The summed E-state index contributed by atoms with van der Waals surface area (Å²) < 4.78 is 16.7. The van der Waals surface area contributed by atoms with E-state index in [0.29, 0.717) is 28.4 Å². The SMILES string of the molecule is COC(=O)Cc1c(C)nc2c(-c3ccc(OC)c(OC)c3)c(C)[nH]n2c1=O. The molecule has 0 bridgehead atoms. The Morgan fingerprint density at radius 3 is 2.48 bits per heavy atom. The minimum absolute atomic E-state index is 0.124. The van der Waals surface area contributed by atoms with Crippen molar-refractivity contribution in [3.05, 3.63) is 45.5 Å². The lowest BCUT2D eigenvalue weighted by Crippen LogP contribution is -2.24. The van der Waals surface area contributed by atoms with Crippen LogP contribution in [-0.2, 0) is 16.0 Å². The molecule has 0 radical (unpaired) electrons. The molecule has 3 rings (SSSR count). The summed E-state index contributed by atoms with van der Waals surface area (Å²) in [5, 5.41) is 3.04. The molecule has 3 aromatic rings. The molecule has 0 amide bonds. The molecule has 1 N–H and O–H groups in total. The molecule has 0 aliphatic carbocycles. The van der Waals surface area contributed by atoms with Crippen LogP contribution in [0.5, 0.6) is 11.5 Å². The largest absolute Gasteiger partial charge is 0.493 e. The van der Waals surface area contributed by atoms with E-state index in [-0.39, 0.29) is 12.0 Å². The Bertz CT molecular complexity index is 1080. The van der Waals surface area contributed by atoms with E-state index in [9.17, 15) is 9.59 Å². The van der Waals surface area contributed by atoms with Crippen LogP contribution in [0.25, 0.3) is 16.8 Å². The Hall–Kier alpha value is -3.29. The molecule has 2 aromatic heterocycles. The molecule has 2 heterocycles. The van der Waals surface area contributed by atoms with Crippen molar-refractivity contribution in [2.24, 2.45) is 0 Å². The highest BCUT2D eigenvalue weighted by Gasteiger charge is 2.20. The number of fused-ring (bicyclic) bond motifs is 1. The number of aryl methyl sites for hydroxylation is 2. The van der Waals surface area contributed by atoms with E-state index in [2.05, 4.69) is 14.8 Å². The average molecular weight is 371 g/mol. The van der Waals surface area contributed by atoms with Gasteiger partial charge in [0.25, 0.3) is 5.56 Å². The quantitative estimate of drug-likeness (QED) is 0.690. The summed E-state index contributed by atoms with van der Waals surface area (Å²) >= 11 is 0. The van der Waals surface area contributed by atoms with Gasteiger partial charge in [0.2, 0.25) is 0 Å². The first-order valence-electron chi connectivity index (χ1n) is 8.31. The molecular formula is C19H21N3O5. The van der Waals surface area contributed by atoms with E-state index in [0.717, 1.165) is 16.8 Å². The van der Waals surface area contributed by atoms with Crippen molar-refractivity contribution in [2.75, 3.05) is 21.3 Å². The van der Waals surface area contributed by atoms with Crippen LogP contribution < -0.4 is 15.0 Å². The maximum atomic E-state index is 12.9. The number of nitrogens with one attached hydrogen (secondary N) is 1. The summed E-state index contributed by atoms with van der Waals surface area (Å²) in [7, 11) is 4.42. The van der Waals surface area contributed by atoms with Gasteiger partial charge < -0.3 is 14.2 Å². The molecule has 0 atom stereocenters. The zero-order valence-electron chi connectivity index (χ0n) is 15.9. The van der Waals surface area contributed by atoms with Crippen molar-refractivity contribution in [3.8, 4) is 22.6 Å². The number of aromatic nitrogens is 3. The Morgan fingerprint density at radius 1 is 1.15 bits per heavy atom. The second-order valence-corrected chi connectivity index (χ2v) is 6.07. The minimum atomic E-state index is -0.486. The number of nitrogens with zero attached hydrogens (tertiary/aromatic N) is 2. The summed E-state index contributed by atoms with van der Waals surface area (Å²) in [6.45, 7) is 3.57. The van der Waals surface area contributed by atoms with E-state index in [4.69, 9.17) is 9.47 Å². The molecule has 0 saturated carbocycles. The van der Waals surface area contributed by atoms with E-state index in [1.165, 1.54) is 11.6 Å². The number of aromatic amines is 1. The fraction of sp³-hybridized carbons (Fsp3) is 0.316. The number of benzene rings is 1. The van der Waals surface area contributed by atoms with Gasteiger partial charge >= 0.3 is 5.97 Å². The lowest BCUT2D eigenvalue weighted by molar-refractivity contribution is -0.139. The summed E-state index contributed by atoms with van der Waals surface area (Å²) in [4.78, 5) is 29.0. The van der Waals surface area contributed by atoms with Gasteiger partial charge in [-0.25, -0.2) is 9.50 Å². The Morgan fingerprint density at radius 2 is 1.85 bits per heavy atom. The van der Waals surface area contributed by atoms with Crippen LogP contribution in [-0.4, -0.2) is 41.9 Å². The van der Waals surface area contributed by atoms with Gasteiger partial charge in [0.05, 0.1) is 33.3 Å². The summed E-state index contributed by atoms with van der Waals surface area (Å²) in [6.07, 6.45) is -0.124. The first-order chi connectivity index (χ1) is 12.9. The fourth-order valence-corrected chi connectivity index (χ4v) is 3.08. The molecular weight excluding hydrogens is 350 g/mol. The molecule has 8 heteroatoms. The van der Waals surface area contributed by atoms with Gasteiger partial charge in [0, 0.05) is 17.0 Å². The van der Waals surface area contributed by atoms with Crippen LogP contribution in [0.15, 0.2) is 23.0 Å². The highest BCUT2D eigenvalue weighted by Crippen LogP contribution is 2.34. The van der Waals surface area contributed by atoms with E-state index in [1.807, 2.05) is 19.1 Å². The zero-order chi connectivity index (χ0) is 19.7. The number of carbonyl (C=O) groups excluding carboxylic acids is 1. The lowest BCUT2D eigenvalue weighted by atomic mass is 10.1. The van der Waals surface area contributed by atoms with E-state index in [1.54, 1.807) is 27.2 Å². The first kappa shape index (κ1) is 18.5. The number of carbonyl (C=O) groups is 1. The first-order valence-corrected chi connectivity index (χ1v) is 8.31. The van der Waals surface area contributed by atoms with Gasteiger partial charge in [0.1, 0.15) is 0 Å². The van der Waals surface area contributed by atoms with Crippen molar-refractivity contribution >= 4 is 11.6 Å². The van der Waals surface area contributed by atoms with Crippen molar-refractivity contribution in [3.63, 3.8) is 0 Å². The van der Waals surface area contributed by atoms with Gasteiger partial charge in [-0.1, -0.05) is 6.07 Å². The second-order valence-electron chi connectivity index (χ2n) is 6.07. The number of H-pyrrole nitrogens is 1. The van der Waals surface area contributed by atoms with Crippen LogP contribution in [0.3, 0.4) is 0 Å². The maximum absolute atomic E-state index is 12.9. The van der Waals surface area contributed by atoms with E-state index >= 15 is 0 Å². The third kappa shape index (κ3) is 3.14. The maximum Gasteiger partial charge on any atom is 0.310 e. The van der Waals surface area contributed by atoms with Crippen molar-refractivity contribution in [2.45, 2.75) is 20.3 Å². The fourth-order valence-electron chi connectivity index (χ4n) is 3.08. The molecule has 27 heavy (non-hydrogen) atoms. The third-order valence-corrected chi connectivity index (χ3v) is 4.48. The number of rotatable bonds is 5. The molecule has 0 fully saturated rings. The summed E-state index contributed by atoms with van der Waals surface area (Å²) in [5.74, 6) is 0.705. The number of methoxy groups -OCH3 is 3. The highest BCUT2D eigenvalue weighted by molar-refractivity contribution is 5.81. The van der Waals surface area contributed by atoms with E-state index < -0.39 is 5.97 Å².